The van der Waals surface area contributed by atoms with Gasteiger partial charge < -0.3 is 20.1 Å². The smallest absolute Gasteiger partial charge is 0.255 e. The third-order valence-electron chi connectivity index (χ3n) is 3.78. The van der Waals surface area contributed by atoms with Crippen molar-refractivity contribution >= 4 is 27.5 Å². The zero-order chi connectivity index (χ0) is 15.9. The predicted octanol–water partition coefficient (Wildman–Crippen LogP) is 3.04. The Morgan fingerprint density at radius 1 is 1.32 bits per heavy atom. The number of ether oxygens (including phenoxy) is 1. The molecule has 6 heteroatoms. The molecule has 0 unspecified atom stereocenters. The van der Waals surface area contributed by atoms with Crippen LogP contribution in [0.4, 0.5) is 5.69 Å². The lowest BCUT2D eigenvalue weighted by atomic mass is 10.0. The van der Waals surface area contributed by atoms with Gasteiger partial charge in [-0.2, -0.15) is 0 Å². The molecule has 114 valence electrons. The number of carbonyl (C=O) groups is 1. The summed E-state index contributed by atoms with van der Waals surface area (Å²) in [5.74, 6) is 0.268. The standard InChI is InChI=1S/C16H15BrN2O3/c1-19-12-6-4-3-5-9(12)16(21)18-15(19)10-7-13(20)14(22-2)8-11(10)17/h3-8,15,20H,1-2H3,(H,18,21)/t15-/m0/s1. The Morgan fingerprint density at radius 2 is 2.05 bits per heavy atom. The second kappa shape index (κ2) is 5.53. The first-order valence-electron chi connectivity index (χ1n) is 6.72. The SMILES string of the molecule is COc1cc(Br)c([C@H]2NC(=O)c3ccccc3N2C)cc1O. The largest absolute Gasteiger partial charge is 0.504 e. The van der Waals surface area contributed by atoms with E-state index in [0.29, 0.717) is 11.3 Å². The van der Waals surface area contributed by atoms with Crippen molar-refractivity contribution in [2.45, 2.75) is 6.17 Å². The molecule has 2 aromatic carbocycles. The third-order valence-corrected chi connectivity index (χ3v) is 4.46. The fraction of sp³-hybridized carbons (Fsp3) is 0.188. The summed E-state index contributed by atoms with van der Waals surface area (Å²) >= 11 is 3.48. The number of nitrogens with zero attached hydrogens (tertiary/aromatic N) is 1. The normalized spacial score (nSPS) is 17.0. The van der Waals surface area contributed by atoms with Crippen LogP contribution in [0.25, 0.3) is 0 Å². The molecule has 1 amide bonds. The molecule has 3 rings (SSSR count). The maximum absolute atomic E-state index is 12.3. The molecule has 1 aliphatic heterocycles. The van der Waals surface area contributed by atoms with Crippen LogP contribution in [0.1, 0.15) is 22.1 Å². The molecule has 1 atom stereocenters. The molecule has 0 bridgehead atoms. The molecule has 1 aliphatic rings. The number of nitrogens with one attached hydrogen (secondary N) is 1. The number of hydrogen-bond donors (Lipinski definition) is 2. The molecule has 5 nitrogen and oxygen atoms in total. The first-order valence-corrected chi connectivity index (χ1v) is 7.51. The number of phenols is 1. The highest BCUT2D eigenvalue weighted by atomic mass is 79.9. The topological polar surface area (TPSA) is 61.8 Å². The van der Waals surface area contributed by atoms with Crippen molar-refractivity contribution in [2.24, 2.45) is 0 Å². The number of amides is 1. The molecule has 0 fully saturated rings. The highest BCUT2D eigenvalue weighted by Gasteiger charge is 2.30. The molecule has 0 aliphatic carbocycles. The van der Waals surface area contributed by atoms with E-state index in [-0.39, 0.29) is 17.8 Å². The van der Waals surface area contributed by atoms with Crippen molar-refractivity contribution in [3.63, 3.8) is 0 Å². The summed E-state index contributed by atoms with van der Waals surface area (Å²) < 4.78 is 5.84. The first kappa shape index (κ1) is 14.7. The zero-order valence-corrected chi connectivity index (χ0v) is 13.7. The Bertz CT molecular complexity index is 748. The van der Waals surface area contributed by atoms with Gasteiger partial charge in [-0.05, 0) is 24.3 Å². The van der Waals surface area contributed by atoms with Crippen LogP contribution in [0.2, 0.25) is 0 Å². The number of benzene rings is 2. The average Bonchev–Trinajstić information content (AvgIpc) is 2.53. The molecule has 2 N–H and O–H groups in total. The first-order chi connectivity index (χ1) is 10.5. The van der Waals surface area contributed by atoms with Crippen LogP contribution in [0.5, 0.6) is 11.5 Å². The second-order valence-corrected chi connectivity index (χ2v) is 5.90. The van der Waals surface area contributed by atoms with Crippen molar-refractivity contribution in [1.82, 2.24) is 5.32 Å². The van der Waals surface area contributed by atoms with E-state index in [2.05, 4.69) is 21.2 Å². The fourth-order valence-electron chi connectivity index (χ4n) is 2.63. The number of carbonyl (C=O) groups excluding carboxylic acids is 1. The van der Waals surface area contributed by atoms with Crippen molar-refractivity contribution in [3.8, 4) is 11.5 Å². The monoisotopic (exact) mass is 362 g/mol. The molecule has 0 saturated heterocycles. The van der Waals surface area contributed by atoms with Gasteiger partial charge in [0, 0.05) is 17.1 Å². The van der Waals surface area contributed by atoms with Gasteiger partial charge in [0.15, 0.2) is 11.5 Å². The van der Waals surface area contributed by atoms with Gasteiger partial charge in [-0.1, -0.05) is 28.1 Å². The second-order valence-electron chi connectivity index (χ2n) is 5.05. The number of phenolic OH excluding ortho intramolecular Hbond substituents is 1. The third kappa shape index (κ3) is 2.29. The van der Waals surface area contributed by atoms with Crippen LogP contribution in [-0.2, 0) is 0 Å². The number of rotatable bonds is 2. The van der Waals surface area contributed by atoms with Gasteiger partial charge in [-0.3, -0.25) is 4.79 Å². The Kier molecular flexibility index (Phi) is 3.70. The number of aromatic hydroxyl groups is 1. The van der Waals surface area contributed by atoms with Crippen LogP contribution < -0.4 is 15.0 Å². The summed E-state index contributed by atoms with van der Waals surface area (Å²) in [6.07, 6.45) is -0.381. The number of para-hydroxylation sites is 1. The van der Waals surface area contributed by atoms with Gasteiger partial charge >= 0.3 is 0 Å². The van der Waals surface area contributed by atoms with Gasteiger partial charge in [-0.25, -0.2) is 0 Å². The Morgan fingerprint density at radius 3 is 2.77 bits per heavy atom. The number of hydrogen-bond acceptors (Lipinski definition) is 4. The van der Waals surface area contributed by atoms with Crippen molar-refractivity contribution in [3.05, 3.63) is 52.0 Å². The number of halogens is 1. The minimum atomic E-state index is -0.381. The van der Waals surface area contributed by atoms with Gasteiger partial charge in [0.2, 0.25) is 0 Å². The molecular weight excluding hydrogens is 348 g/mol. The lowest BCUT2D eigenvalue weighted by Crippen LogP contribution is -2.44. The van der Waals surface area contributed by atoms with E-state index in [9.17, 15) is 9.90 Å². The lowest BCUT2D eigenvalue weighted by molar-refractivity contribution is 0.0928. The molecule has 0 radical (unpaired) electrons. The molecule has 22 heavy (non-hydrogen) atoms. The highest BCUT2D eigenvalue weighted by Crippen LogP contribution is 2.39. The van der Waals surface area contributed by atoms with Gasteiger partial charge in [0.05, 0.1) is 18.4 Å². The quantitative estimate of drug-likeness (QED) is 0.861. The number of fused-ring (bicyclic) bond motifs is 1. The molecular formula is C16H15BrN2O3. The molecule has 0 spiro atoms. The number of anilines is 1. The summed E-state index contributed by atoms with van der Waals surface area (Å²) in [4.78, 5) is 14.3. The molecule has 1 heterocycles. The van der Waals surface area contributed by atoms with Crippen LogP contribution in [0, 0.1) is 0 Å². The summed E-state index contributed by atoms with van der Waals surface area (Å²) in [5.41, 5.74) is 2.23. The summed E-state index contributed by atoms with van der Waals surface area (Å²) in [6.45, 7) is 0. The van der Waals surface area contributed by atoms with E-state index < -0.39 is 0 Å². The molecule has 2 aromatic rings. The summed E-state index contributed by atoms with van der Waals surface area (Å²) in [6, 6.07) is 10.7. The van der Waals surface area contributed by atoms with E-state index in [1.165, 1.54) is 7.11 Å². The van der Waals surface area contributed by atoms with E-state index >= 15 is 0 Å². The lowest BCUT2D eigenvalue weighted by Gasteiger charge is -2.37. The zero-order valence-electron chi connectivity index (χ0n) is 12.1. The Hall–Kier alpha value is -2.21. The maximum Gasteiger partial charge on any atom is 0.255 e. The van der Waals surface area contributed by atoms with Crippen molar-refractivity contribution in [2.75, 3.05) is 19.1 Å². The fourth-order valence-corrected chi connectivity index (χ4v) is 3.17. The summed E-state index contributed by atoms with van der Waals surface area (Å²) in [7, 11) is 3.39. The van der Waals surface area contributed by atoms with Gasteiger partial charge in [0.25, 0.3) is 5.91 Å². The van der Waals surface area contributed by atoms with Crippen molar-refractivity contribution in [1.29, 1.82) is 0 Å². The van der Waals surface area contributed by atoms with Crippen LogP contribution in [0.15, 0.2) is 40.9 Å². The number of methoxy groups -OCH3 is 1. The highest BCUT2D eigenvalue weighted by molar-refractivity contribution is 9.10. The van der Waals surface area contributed by atoms with E-state index in [0.717, 1.165) is 15.7 Å². The predicted molar refractivity (Wildman–Crippen MR) is 87.4 cm³/mol. The van der Waals surface area contributed by atoms with Crippen LogP contribution >= 0.6 is 15.9 Å². The van der Waals surface area contributed by atoms with Gasteiger partial charge in [-0.15, -0.1) is 0 Å². The van der Waals surface area contributed by atoms with E-state index in [1.807, 2.05) is 30.1 Å². The minimum Gasteiger partial charge on any atom is -0.504 e. The van der Waals surface area contributed by atoms with Gasteiger partial charge in [0.1, 0.15) is 6.17 Å². The molecule has 0 saturated carbocycles. The Balaban J connectivity index is 2.07. The van der Waals surface area contributed by atoms with E-state index in [1.54, 1.807) is 18.2 Å². The summed E-state index contributed by atoms with van der Waals surface area (Å²) in [5, 5.41) is 13.0. The van der Waals surface area contributed by atoms with Crippen molar-refractivity contribution < 1.29 is 14.6 Å². The average molecular weight is 363 g/mol. The minimum absolute atomic E-state index is 0.0298. The van der Waals surface area contributed by atoms with Crippen LogP contribution in [0.3, 0.4) is 0 Å². The Labute approximate surface area is 136 Å². The molecule has 0 aromatic heterocycles. The maximum atomic E-state index is 12.3. The van der Waals surface area contributed by atoms with E-state index in [4.69, 9.17) is 4.74 Å². The van der Waals surface area contributed by atoms with Crippen LogP contribution in [-0.4, -0.2) is 25.2 Å².